The summed E-state index contributed by atoms with van der Waals surface area (Å²) in [5.41, 5.74) is 4.05. The fraction of sp³-hybridized carbons (Fsp3) is 0.267. The lowest BCUT2D eigenvalue weighted by molar-refractivity contribution is 0.0106. The van der Waals surface area contributed by atoms with Gasteiger partial charge in [-0.25, -0.2) is 0 Å². The van der Waals surface area contributed by atoms with E-state index in [2.05, 4.69) is 102 Å². The number of nitrogens with one attached hydrogen (secondary N) is 1. The van der Waals surface area contributed by atoms with E-state index in [9.17, 15) is 0 Å². The molecule has 4 aromatic carbocycles. The minimum atomic E-state index is 0. The number of hydrogen-bond acceptors (Lipinski definition) is 3. The van der Waals surface area contributed by atoms with Crippen molar-refractivity contribution in [1.29, 1.82) is 0 Å². The Bertz CT molecular complexity index is 1170. The number of thioether (sulfide) groups is 1. The van der Waals surface area contributed by atoms with Gasteiger partial charge in [-0.05, 0) is 65.0 Å². The highest BCUT2D eigenvalue weighted by molar-refractivity contribution is 7.99. The first-order chi connectivity index (χ1) is 16.3. The number of halogens is 1. The summed E-state index contributed by atoms with van der Waals surface area (Å²) in [7, 11) is 0. The quantitative estimate of drug-likeness (QED) is 0.263. The second-order valence-corrected chi connectivity index (χ2v) is 9.95. The summed E-state index contributed by atoms with van der Waals surface area (Å²) in [6, 6.07) is 35.1. The van der Waals surface area contributed by atoms with Gasteiger partial charge in [-0.3, -0.25) is 0 Å². The van der Waals surface area contributed by atoms with Crippen molar-refractivity contribution in [2.45, 2.75) is 36.4 Å². The fourth-order valence-electron chi connectivity index (χ4n) is 4.65. The summed E-state index contributed by atoms with van der Waals surface area (Å²) in [6.45, 7) is 2.62. The first kappa shape index (κ1) is 24.8. The van der Waals surface area contributed by atoms with Crippen LogP contribution in [0.3, 0.4) is 0 Å². The van der Waals surface area contributed by atoms with Gasteiger partial charge in [0.1, 0.15) is 0 Å². The van der Waals surface area contributed by atoms with E-state index in [4.69, 9.17) is 4.74 Å². The van der Waals surface area contributed by atoms with Crippen molar-refractivity contribution in [3.05, 3.63) is 114 Å². The van der Waals surface area contributed by atoms with Crippen molar-refractivity contribution in [2.75, 3.05) is 18.8 Å². The molecule has 1 fully saturated rings. The van der Waals surface area contributed by atoms with Gasteiger partial charge in [-0.15, -0.1) is 24.2 Å². The van der Waals surface area contributed by atoms with E-state index in [1.165, 1.54) is 32.4 Å². The zero-order chi connectivity index (χ0) is 22.3. The van der Waals surface area contributed by atoms with Crippen LogP contribution in [0.1, 0.15) is 29.0 Å². The van der Waals surface area contributed by atoms with E-state index in [1.807, 2.05) is 11.8 Å². The van der Waals surface area contributed by atoms with Crippen molar-refractivity contribution in [3.8, 4) is 0 Å². The van der Waals surface area contributed by atoms with Gasteiger partial charge < -0.3 is 10.1 Å². The van der Waals surface area contributed by atoms with Gasteiger partial charge in [0, 0.05) is 23.1 Å². The number of hydrogen-bond donors (Lipinski definition) is 1. The van der Waals surface area contributed by atoms with Crippen molar-refractivity contribution < 1.29 is 4.74 Å². The third-order valence-electron chi connectivity index (χ3n) is 6.51. The molecule has 176 valence electrons. The molecule has 2 nitrogen and oxygen atoms in total. The Labute approximate surface area is 213 Å². The highest BCUT2D eigenvalue weighted by Gasteiger charge is 2.27. The van der Waals surface area contributed by atoms with Crippen LogP contribution in [0.5, 0.6) is 0 Å². The fourth-order valence-corrected chi connectivity index (χ4v) is 5.58. The van der Waals surface area contributed by atoms with E-state index in [0.29, 0.717) is 12.5 Å². The van der Waals surface area contributed by atoms with Crippen molar-refractivity contribution in [2.24, 2.45) is 0 Å². The molecule has 0 aliphatic carbocycles. The summed E-state index contributed by atoms with van der Waals surface area (Å²) in [6.07, 6.45) is 2.41. The third-order valence-corrected chi connectivity index (χ3v) is 7.53. The van der Waals surface area contributed by atoms with Gasteiger partial charge >= 0.3 is 0 Å². The lowest BCUT2D eigenvalue weighted by Gasteiger charge is -2.32. The standard InChI is InChI=1S/C30H31NOS.ClH/c1-2-8-28(9-3-1)33-19-17-23-10-14-26(15-11-23)29-16-18-31-21-30(29)32-22-24-12-13-25-6-4-5-7-27(25)20-24;/h1-15,20,29-31H,16-19,21-22H2;1H. The Morgan fingerprint density at radius 1 is 0.794 bits per heavy atom. The summed E-state index contributed by atoms with van der Waals surface area (Å²) < 4.78 is 6.46. The predicted molar refractivity (Wildman–Crippen MR) is 147 cm³/mol. The van der Waals surface area contributed by atoms with E-state index < -0.39 is 0 Å². The monoisotopic (exact) mass is 489 g/mol. The van der Waals surface area contributed by atoms with Crippen molar-refractivity contribution >= 4 is 34.9 Å². The molecule has 0 spiro atoms. The molecule has 0 aromatic heterocycles. The average Bonchev–Trinajstić information content (AvgIpc) is 2.89. The second kappa shape index (κ2) is 12.4. The Morgan fingerprint density at radius 2 is 1.53 bits per heavy atom. The van der Waals surface area contributed by atoms with E-state index in [1.54, 1.807) is 0 Å². The predicted octanol–water partition coefficient (Wildman–Crippen LogP) is 7.26. The Morgan fingerprint density at radius 3 is 2.35 bits per heavy atom. The van der Waals surface area contributed by atoms with Gasteiger partial charge in [-0.1, -0.05) is 78.9 Å². The summed E-state index contributed by atoms with van der Waals surface area (Å²) in [5.74, 6) is 1.55. The number of rotatable bonds is 8. The highest BCUT2D eigenvalue weighted by Crippen LogP contribution is 2.29. The topological polar surface area (TPSA) is 21.3 Å². The zero-order valence-electron chi connectivity index (χ0n) is 19.4. The van der Waals surface area contributed by atoms with Crippen LogP contribution in [-0.2, 0) is 17.8 Å². The van der Waals surface area contributed by atoms with Gasteiger partial charge in [0.05, 0.1) is 12.7 Å². The van der Waals surface area contributed by atoms with E-state index >= 15 is 0 Å². The maximum absolute atomic E-state index is 6.46. The lowest BCUT2D eigenvalue weighted by atomic mass is 9.87. The molecule has 5 rings (SSSR count). The summed E-state index contributed by atoms with van der Waals surface area (Å²) in [5, 5.41) is 6.08. The normalized spacial score (nSPS) is 17.9. The van der Waals surface area contributed by atoms with Crippen LogP contribution in [0.25, 0.3) is 10.8 Å². The third kappa shape index (κ3) is 6.43. The molecule has 34 heavy (non-hydrogen) atoms. The molecule has 1 N–H and O–H groups in total. The first-order valence-corrected chi connectivity index (χ1v) is 12.9. The van der Waals surface area contributed by atoms with Gasteiger partial charge in [-0.2, -0.15) is 0 Å². The van der Waals surface area contributed by atoms with E-state index in [-0.39, 0.29) is 18.5 Å². The van der Waals surface area contributed by atoms with Crippen LogP contribution in [0.15, 0.2) is 102 Å². The second-order valence-electron chi connectivity index (χ2n) is 8.78. The molecule has 0 radical (unpaired) electrons. The molecule has 0 amide bonds. The van der Waals surface area contributed by atoms with Gasteiger partial charge in [0.25, 0.3) is 0 Å². The number of fused-ring (bicyclic) bond motifs is 1. The Hall–Kier alpha value is -2.30. The molecule has 1 heterocycles. The van der Waals surface area contributed by atoms with Gasteiger partial charge in [0.15, 0.2) is 0 Å². The van der Waals surface area contributed by atoms with Crippen molar-refractivity contribution in [3.63, 3.8) is 0 Å². The molecule has 2 atom stereocenters. The molecule has 0 bridgehead atoms. The van der Waals surface area contributed by atoms with Crippen LogP contribution in [0, 0.1) is 0 Å². The Balaban J connectivity index is 0.00000274. The van der Waals surface area contributed by atoms with Crippen molar-refractivity contribution in [1.82, 2.24) is 5.32 Å². The largest absolute Gasteiger partial charge is 0.372 e. The van der Waals surface area contributed by atoms with E-state index in [0.717, 1.165) is 31.7 Å². The number of aryl methyl sites for hydroxylation is 1. The molecule has 1 saturated heterocycles. The number of piperidine rings is 1. The molecule has 1 aliphatic heterocycles. The van der Waals surface area contributed by atoms with Crippen LogP contribution in [0.2, 0.25) is 0 Å². The Kier molecular flexibility index (Phi) is 9.06. The summed E-state index contributed by atoms with van der Waals surface area (Å²) >= 11 is 1.92. The zero-order valence-corrected chi connectivity index (χ0v) is 21.0. The molecule has 4 aromatic rings. The molecule has 2 unspecified atom stereocenters. The van der Waals surface area contributed by atoms with Crippen LogP contribution in [0.4, 0.5) is 0 Å². The SMILES string of the molecule is Cl.c1ccc(SCCc2ccc(C3CCNCC3OCc3ccc4ccccc4c3)cc2)cc1. The van der Waals surface area contributed by atoms with Gasteiger partial charge in [0.2, 0.25) is 0 Å². The van der Waals surface area contributed by atoms with Crippen LogP contribution >= 0.6 is 24.2 Å². The first-order valence-electron chi connectivity index (χ1n) is 11.9. The molecular formula is C30H32ClNOS. The summed E-state index contributed by atoms with van der Waals surface area (Å²) in [4.78, 5) is 1.34. The molecular weight excluding hydrogens is 458 g/mol. The molecule has 1 aliphatic rings. The highest BCUT2D eigenvalue weighted by atomic mass is 35.5. The van der Waals surface area contributed by atoms with Crippen LogP contribution in [-0.4, -0.2) is 24.9 Å². The van der Waals surface area contributed by atoms with Crippen LogP contribution < -0.4 is 5.32 Å². The molecule has 0 saturated carbocycles. The maximum atomic E-state index is 6.46. The number of ether oxygens (including phenoxy) is 1. The minimum Gasteiger partial charge on any atom is -0.372 e. The molecule has 4 heteroatoms. The lowest BCUT2D eigenvalue weighted by Crippen LogP contribution is -2.40. The maximum Gasteiger partial charge on any atom is 0.0772 e. The average molecular weight is 490 g/mol. The number of benzene rings is 4. The smallest absolute Gasteiger partial charge is 0.0772 e. The minimum absolute atomic E-state index is 0.